The molecule has 2 heterocycles. The van der Waals surface area contributed by atoms with E-state index >= 15 is 0 Å². The molecule has 1 amide bonds. The number of anilines is 1. The lowest BCUT2D eigenvalue weighted by molar-refractivity contribution is -0.120. The molecule has 3 aromatic rings. The molecule has 6 heteroatoms. The SMILES string of the molecule is O=C(Nc1ncc(-c2ccccc2)s1)C1CN(Cc2ccccc2)CC1CO. The maximum atomic E-state index is 12.8. The van der Waals surface area contributed by atoms with Crippen LogP contribution >= 0.6 is 11.3 Å². The normalized spacial score (nSPS) is 19.6. The Kier molecular flexibility index (Phi) is 5.81. The lowest BCUT2D eigenvalue weighted by Gasteiger charge is -2.15. The van der Waals surface area contributed by atoms with Crippen molar-refractivity contribution >= 4 is 22.4 Å². The maximum Gasteiger partial charge on any atom is 0.230 e. The summed E-state index contributed by atoms with van der Waals surface area (Å²) in [6.45, 7) is 2.16. The molecule has 4 rings (SSSR count). The van der Waals surface area contributed by atoms with Gasteiger partial charge in [-0.3, -0.25) is 9.69 Å². The van der Waals surface area contributed by atoms with Crippen LogP contribution < -0.4 is 5.32 Å². The first-order valence-corrected chi connectivity index (χ1v) is 10.2. The number of carbonyl (C=O) groups excluding carboxylic acids is 1. The first-order chi connectivity index (χ1) is 13.7. The summed E-state index contributed by atoms with van der Waals surface area (Å²) in [7, 11) is 0. The second-order valence-corrected chi connectivity index (χ2v) is 8.14. The highest BCUT2D eigenvalue weighted by atomic mass is 32.1. The minimum Gasteiger partial charge on any atom is -0.396 e. The predicted octanol–water partition coefficient (Wildman–Crippen LogP) is 3.49. The van der Waals surface area contributed by atoms with Crippen molar-refractivity contribution in [1.82, 2.24) is 9.88 Å². The van der Waals surface area contributed by atoms with Crippen LogP contribution in [0.3, 0.4) is 0 Å². The summed E-state index contributed by atoms with van der Waals surface area (Å²) in [5.41, 5.74) is 2.30. The van der Waals surface area contributed by atoms with E-state index in [2.05, 4.69) is 27.3 Å². The second-order valence-electron chi connectivity index (χ2n) is 7.11. The Bertz CT molecular complexity index is 914. The van der Waals surface area contributed by atoms with E-state index in [1.165, 1.54) is 16.9 Å². The van der Waals surface area contributed by atoms with Gasteiger partial charge in [-0.2, -0.15) is 0 Å². The Morgan fingerprint density at radius 1 is 1.11 bits per heavy atom. The molecule has 2 unspecified atom stereocenters. The van der Waals surface area contributed by atoms with Gasteiger partial charge in [0.25, 0.3) is 0 Å². The molecule has 2 N–H and O–H groups in total. The number of hydrogen-bond donors (Lipinski definition) is 2. The molecule has 0 spiro atoms. The van der Waals surface area contributed by atoms with Gasteiger partial charge < -0.3 is 10.4 Å². The largest absolute Gasteiger partial charge is 0.396 e. The van der Waals surface area contributed by atoms with Gasteiger partial charge in [0, 0.05) is 38.4 Å². The van der Waals surface area contributed by atoms with Crippen molar-refractivity contribution in [3.63, 3.8) is 0 Å². The van der Waals surface area contributed by atoms with Crippen LogP contribution in [-0.2, 0) is 11.3 Å². The number of nitrogens with one attached hydrogen (secondary N) is 1. The number of likely N-dealkylation sites (tertiary alicyclic amines) is 1. The second kappa shape index (κ2) is 8.65. The van der Waals surface area contributed by atoms with Crippen molar-refractivity contribution in [2.45, 2.75) is 6.54 Å². The van der Waals surface area contributed by atoms with E-state index in [1.807, 2.05) is 48.5 Å². The molecule has 0 radical (unpaired) electrons. The van der Waals surface area contributed by atoms with Gasteiger partial charge in [-0.05, 0) is 11.1 Å². The number of aliphatic hydroxyl groups excluding tert-OH is 1. The molecule has 1 aromatic heterocycles. The topological polar surface area (TPSA) is 65.5 Å². The highest BCUT2D eigenvalue weighted by Gasteiger charge is 2.37. The first-order valence-electron chi connectivity index (χ1n) is 9.42. The van der Waals surface area contributed by atoms with Crippen molar-refractivity contribution in [3.05, 3.63) is 72.4 Å². The molecule has 2 atom stereocenters. The van der Waals surface area contributed by atoms with Crippen molar-refractivity contribution in [2.75, 3.05) is 25.0 Å². The van der Waals surface area contributed by atoms with Crippen molar-refractivity contribution in [2.24, 2.45) is 11.8 Å². The molecule has 28 heavy (non-hydrogen) atoms. The summed E-state index contributed by atoms with van der Waals surface area (Å²) >= 11 is 1.47. The number of rotatable bonds is 6. The van der Waals surface area contributed by atoms with Gasteiger partial charge >= 0.3 is 0 Å². The lowest BCUT2D eigenvalue weighted by atomic mass is 9.96. The molecule has 1 aliphatic heterocycles. The summed E-state index contributed by atoms with van der Waals surface area (Å²) in [6.07, 6.45) is 1.79. The quantitative estimate of drug-likeness (QED) is 0.673. The fourth-order valence-electron chi connectivity index (χ4n) is 3.68. The molecule has 144 valence electrons. The Morgan fingerprint density at radius 3 is 2.54 bits per heavy atom. The Morgan fingerprint density at radius 2 is 1.82 bits per heavy atom. The summed E-state index contributed by atoms with van der Waals surface area (Å²) < 4.78 is 0. The zero-order valence-corrected chi connectivity index (χ0v) is 16.3. The van der Waals surface area contributed by atoms with Crippen LogP contribution in [0.15, 0.2) is 66.9 Å². The van der Waals surface area contributed by atoms with E-state index in [-0.39, 0.29) is 24.3 Å². The van der Waals surface area contributed by atoms with Crippen LogP contribution in [-0.4, -0.2) is 40.6 Å². The smallest absolute Gasteiger partial charge is 0.230 e. The number of nitrogens with zero attached hydrogens (tertiary/aromatic N) is 2. The summed E-state index contributed by atoms with van der Waals surface area (Å²) in [5.74, 6) is -0.362. The average molecular weight is 394 g/mol. The molecule has 2 aromatic carbocycles. The maximum absolute atomic E-state index is 12.8. The molecule has 0 bridgehead atoms. The molecule has 1 saturated heterocycles. The van der Waals surface area contributed by atoms with E-state index in [0.29, 0.717) is 11.7 Å². The van der Waals surface area contributed by atoms with E-state index in [9.17, 15) is 9.90 Å². The standard InChI is InChI=1S/C22H23N3O2S/c26-15-18-13-25(12-16-7-3-1-4-8-16)14-19(18)21(27)24-22-23-11-20(28-22)17-9-5-2-6-10-17/h1-11,18-19,26H,12-15H2,(H,23,24,27). The third-order valence-corrected chi connectivity index (χ3v) is 6.09. The molecule has 5 nitrogen and oxygen atoms in total. The van der Waals surface area contributed by atoms with E-state index < -0.39 is 0 Å². The predicted molar refractivity (Wildman–Crippen MR) is 112 cm³/mol. The number of benzene rings is 2. The number of hydrogen-bond acceptors (Lipinski definition) is 5. The monoisotopic (exact) mass is 393 g/mol. The van der Waals surface area contributed by atoms with Crippen molar-refractivity contribution < 1.29 is 9.90 Å². The van der Waals surface area contributed by atoms with Crippen LogP contribution in [0.4, 0.5) is 5.13 Å². The van der Waals surface area contributed by atoms with Gasteiger partial charge in [-0.1, -0.05) is 72.0 Å². The number of thiazole rings is 1. The minimum atomic E-state index is -0.238. The number of aromatic nitrogens is 1. The van der Waals surface area contributed by atoms with Crippen molar-refractivity contribution in [1.29, 1.82) is 0 Å². The van der Waals surface area contributed by atoms with Gasteiger partial charge in [0.2, 0.25) is 5.91 Å². The fraction of sp³-hybridized carbons (Fsp3) is 0.273. The lowest BCUT2D eigenvalue weighted by Crippen LogP contribution is -2.30. The molecule has 0 aliphatic carbocycles. The Balaban J connectivity index is 1.40. The van der Waals surface area contributed by atoms with Gasteiger partial charge in [0.15, 0.2) is 5.13 Å². The third-order valence-electron chi connectivity index (χ3n) is 5.13. The molecule has 1 aliphatic rings. The zero-order chi connectivity index (χ0) is 19.3. The zero-order valence-electron chi connectivity index (χ0n) is 15.5. The van der Waals surface area contributed by atoms with Gasteiger partial charge in [0.05, 0.1) is 10.8 Å². The van der Waals surface area contributed by atoms with Gasteiger partial charge in [-0.15, -0.1) is 0 Å². The summed E-state index contributed by atoms with van der Waals surface area (Å²) in [6, 6.07) is 20.2. The van der Waals surface area contributed by atoms with Crippen LogP contribution in [0.5, 0.6) is 0 Å². The highest BCUT2D eigenvalue weighted by Crippen LogP contribution is 2.30. The molecular formula is C22H23N3O2S. The highest BCUT2D eigenvalue weighted by molar-refractivity contribution is 7.19. The first kappa shape index (κ1) is 18.8. The fourth-order valence-corrected chi connectivity index (χ4v) is 4.50. The van der Waals surface area contributed by atoms with Crippen molar-refractivity contribution in [3.8, 4) is 10.4 Å². The number of amides is 1. The minimum absolute atomic E-state index is 0.0104. The van der Waals surface area contributed by atoms with Gasteiger partial charge in [0.1, 0.15) is 0 Å². The van der Waals surface area contributed by atoms with Gasteiger partial charge in [-0.25, -0.2) is 4.98 Å². The molecule has 1 fully saturated rings. The van der Waals surface area contributed by atoms with Crippen LogP contribution in [0.25, 0.3) is 10.4 Å². The Hall–Kier alpha value is -2.54. The Labute approximate surface area is 168 Å². The molecule has 0 saturated carbocycles. The van der Waals surface area contributed by atoms with E-state index in [1.54, 1.807) is 6.20 Å². The van der Waals surface area contributed by atoms with Crippen LogP contribution in [0.2, 0.25) is 0 Å². The number of aliphatic hydroxyl groups is 1. The van der Waals surface area contributed by atoms with Crippen LogP contribution in [0.1, 0.15) is 5.56 Å². The third kappa shape index (κ3) is 4.30. The number of carbonyl (C=O) groups is 1. The van der Waals surface area contributed by atoms with E-state index in [4.69, 9.17) is 0 Å². The van der Waals surface area contributed by atoms with E-state index in [0.717, 1.165) is 23.5 Å². The average Bonchev–Trinajstić information content (AvgIpc) is 3.36. The summed E-state index contributed by atoms with van der Waals surface area (Å²) in [5, 5.41) is 13.3. The summed E-state index contributed by atoms with van der Waals surface area (Å²) in [4.78, 5) is 20.5. The van der Waals surface area contributed by atoms with Crippen LogP contribution in [0, 0.1) is 11.8 Å². The molecular weight excluding hydrogens is 370 g/mol.